The summed E-state index contributed by atoms with van der Waals surface area (Å²) in [6.07, 6.45) is 5.58. The standard InChI is InChI=1S/C19H32N6O2S.HI/c1-4-5-8-12-23(3)19(20-2)22-11-17-28(26,27)25-15-13-24(14-16-25)18-9-6-7-10-21-18;/h4,6-7,9-10H,1,5,8,11-17H2,2-3H3,(H,20,22);1H. The molecule has 1 aromatic heterocycles. The monoisotopic (exact) mass is 536 g/mol. The molecule has 10 heteroatoms. The van der Waals surface area contributed by atoms with Gasteiger partial charge >= 0.3 is 0 Å². The maximum absolute atomic E-state index is 12.7. The first-order chi connectivity index (χ1) is 13.5. The third-order valence-corrected chi connectivity index (χ3v) is 6.60. The van der Waals surface area contributed by atoms with Gasteiger partial charge in [0.05, 0.1) is 5.75 Å². The van der Waals surface area contributed by atoms with Gasteiger partial charge in [-0.1, -0.05) is 12.1 Å². The van der Waals surface area contributed by atoms with Crippen LogP contribution < -0.4 is 10.2 Å². The number of nitrogens with zero attached hydrogens (tertiary/aromatic N) is 5. The first kappa shape index (κ1) is 25.6. The van der Waals surface area contributed by atoms with Gasteiger partial charge in [0.1, 0.15) is 5.82 Å². The van der Waals surface area contributed by atoms with Crippen LogP contribution in [0.4, 0.5) is 5.82 Å². The van der Waals surface area contributed by atoms with Gasteiger partial charge in [0.2, 0.25) is 10.0 Å². The summed E-state index contributed by atoms with van der Waals surface area (Å²) >= 11 is 0. The van der Waals surface area contributed by atoms with Crippen LogP contribution in [0.5, 0.6) is 0 Å². The second-order valence-electron chi connectivity index (χ2n) is 6.72. The van der Waals surface area contributed by atoms with E-state index in [-0.39, 0.29) is 29.7 Å². The quantitative estimate of drug-likeness (QED) is 0.170. The number of pyridine rings is 1. The minimum Gasteiger partial charge on any atom is -0.355 e. The van der Waals surface area contributed by atoms with Crippen molar-refractivity contribution in [3.63, 3.8) is 0 Å². The highest BCUT2D eigenvalue weighted by molar-refractivity contribution is 14.0. The predicted molar refractivity (Wildman–Crippen MR) is 131 cm³/mol. The molecule has 8 nitrogen and oxygen atoms in total. The molecule has 0 bridgehead atoms. The summed E-state index contributed by atoms with van der Waals surface area (Å²) in [6.45, 7) is 7.16. The molecule has 164 valence electrons. The molecule has 0 saturated carbocycles. The van der Waals surface area contributed by atoms with Crippen molar-refractivity contribution in [3.8, 4) is 0 Å². The number of unbranched alkanes of at least 4 members (excludes halogenated alkanes) is 1. The van der Waals surface area contributed by atoms with E-state index in [9.17, 15) is 8.42 Å². The van der Waals surface area contributed by atoms with Crippen LogP contribution in [0.1, 0.15) is 12.8 Å². The van der Waals surface area contributed by atoms with Crippen molar-refractivity contribution in [3.05, 3.63) is 37.1 Å². The van der Waals surface area contributed by atoms with Gasteiger partial charge in [0.25, 0.3) is 0 Å². The molecule has 1 aliphatic heterocycles. The molecular formula is C19H33IN6O2S. The molecule has 1 aromatic rings. The third kappa shape index (κ3) is 8.09. The fourth-order valence-electron chi connectivity index (χ4n) is 3.12. The zero-order valence-electron chi connectivity index (χ0n) is 17.3. The average molecular weight is 536 g/mol. The summed E-state index contributed by atoms with van der Waals surface area (Å²) in [5.74, 6) is 1.65. The van der Waals surface area contributed by atoms with Crippen molar-refractivity contribution in [2.45, 2.75) is 12.8 Å². The maximum Gasteiger partial charge on any atom is 0.215 e. The third-order valence-electron chi connectivity index (χ3n) is 4.72. The van der Waals surface area contributed by atoms with Crippen LogP contribution in [0.15, 0.2) is 42.0 Å². The number of aromatic nitrogens is 1. The van der Waals surface area contributed by atoms with Crippen LogP contribution >= 0.6 is 24.0 Å². The minimum atomic E-state index is -3.30. The molecule has 0 atom stereocenters. The zero-order valence-corrected chi connectivity index (χ0v) is 20.5. The molecule has 1 saturated heterocycles. The predicted octanol–water partition coefficient (Wildman–Crippen LogP) is 1.62. The highest BCUT2D eigenvalue weighted by Crippen LogP contribution is 2.14. The van der Waals surface area contributed by atoms with Crippen molar-refractivity contribution in [2.75, 3.05) is 64.0 Å². The molecule has 0 radical (unpaired) electrons. The Hall–Kier alpha value is -1.40. The smallest absolute Gasteiger partial charge is 0.215 e. The van der Waals surface area contributed by atoms with Crippen LogP contribution in [0.3, 0.4) is 0 Å². The number of sulfonamides is 1. The summed E-state index contributed by atoms with van der Waals surface area (Å²) in [7, 11) is 0.352. The van der Waals surface area contributed by atoms with Crippen molar-refractivity contribution in [1.29, 1.82) is 0 Å². The van der Waals surface area contributed by atoms with Crippen molar-refractivity contribution in [1.82, 2.24) is 19.5 Å². The van der Waals surface area contributed by atoms with E-state index in [1.165, 1.54) is 0 Å². The van der Waals surface area contributed by atoms with Crippen LogP contribution in [0.2, 0.25) is 0 Å². The number of anilines is 1. The number of hydrogen-bond donors (Lipinski definition) is 1. The highest BCUT2D eigenvalue weighted by Gasteiger charge is 2.27. The van der Waals surface area contributed by atoms with Gasteiger partial charge in [-0.15, -0.1) is 30.6 Å². The summed E-state index contributed by atoms with van der Waals surface area (Å²) in [6, 6.07) is 5.77. The lowest BCUT2D eigenvalue weighted by Gasteiger charge is -2.34. The highest BCUT2D eigenvalue weighted by atomic mass is 127. The molecular weight excluding hydrogens is 503 g/mol. The number of halogens is 1. The molecule has 2 rings (SSSR count). The van der Waals surface area contributed by atoms with Crippen LogP contribution in [0.25, 0.3) is 0 Å². The topological polar surface area (TPSA) is 81.1 Å². The first-order valence-corrected chi connectivity index (χ1v) is 11.3. The summed E-state index contributed by atoms with van der Waals surface area (Å²) in [4.78, 5) is 12.7. The van der Waals surface area contributed by atoms with Gasteiger partial charge in [-0.2, -0.15) is 4.31 Å². The van der Waals surface area contributed by atoms with Gasteiger partial charge in [0, 0.05) is 59.6 Å². The SMILES string of the molecule is C=CCCCN(C)C(=NC)NCCS(=O)(=O)N1CCN(c2ccccn2)CC1.I. The van der Waals surface area contributed by atoms with Gasteiger partial charge in [0.15, 0.2) is 5.96 Å². The zero-order chi connectivity index (χ0) is 20.4. The molecule has 1 N–H and O–H groups in total. The maximum atomic E-state index is 12.7. The number of hydrogen-bond acceptors (Lipinski definition) is 5. The Morgan fingerprint density at radius 3 is 2.66 bits per heavy atom. The molecule has 0 unspecified atom stereocenters. The molecule has 2 heterocycles. The van der Waals surface area contributed by atoms with Crippen molar-refractivity contribution in [2.24, 2.45) is 4.99 Å². The number of guanidine groups is 1. The normalized spacial score (nSPS) is 15.5. The molecule has 1 aliphatic rings. The second-order valence-corrected chi connectivity index (χ2v) is 8.80. The van der Waals surface area contributed by atoms with E-state index in [0.29, 0.717) is 38.7 Å². The number of piperazine rings is 1. The molecule has 0 spiro atoms. The number of aliphatic imine (C=N–C) groups is 1. The largest absolute Gasteiger partial charge is 0.355 e. The second kappa shape index (κ2) is 13.0. The van der Waals surface area contributed by atoms with Crippen molar-refractivity contribution < 1.29 is 8.42 Å². The lowest BCUT2D eigenvalue weighted by atomic mass is 10.3. The fraction of sp³-hybridized carbons (Fsp3) is 0.579. The van der Waals surface area contributed by atoms with Gasteiger partial charge < -0.3 is 15.1 Å². The van der Waals surface area contributed by atoms with E-state index in [1.54, 1.807) is 17.5 Å². The Morgan fingerprint density at radius 1 is 1.34 bits per heavy atom. The average Bonchev–Trinajstić information content (AvgIpc) is 2.72. The summed E-state index contributed by atoms with van der Waals surface area (Å²) < 4.78 is 26.9. The number of allylic oxidation sites excluding steroid dienone is 1. The number of nitrogens with one attached hydrogen (secondary N) is 1. The summed E-state index contributed by atoms with van der Waals surface area (Å²) in [5.41, 5.74) is 0. The van der Waals surface area contributed by atoms with Gasteiger partial charge in [-0.3, -0.25) is 4.99 Å². The Balaban J connectivity index is 0.00000420. The van der Waals surface area contributed by atoms with E-state index in [0.717, 1.165) is 25.2 Å². The van der Waals surface area contributed by atoms with Crippen molar-refractivity contribution >= 4 is 45.8 Å². The lowest BCUT2D eigenvalue weighted by molar-refractivity contribution is 0.383. The number of rotatable bonds is 9. The minimum absolute atomic E-state index is 0. The Kier molecular flexibility index (Phi) is 11.5. The molecule has 1 fully saturated rings. The van der Waals surface area contributed by atoms with E-state index in [2.05, 4.69) is 26.8 Å². The Bertz CT molecular complexity index is 736. The molecule has 0 amide bonds. The van der Waals surface area contributed by atoms with E-state index in [1.807, 2.05) is 36.2 Å². The lowest BCUT2D eigenvalue weighted by Crippen LogP contribution is -2.50. The van der Waals surface area contributed by atoms with E-state index < -0.39 is 10.0 Å². The molecule has 0 aliphatic carbocycles. The first-order valence-electron chi connectivity index (χ1n) is 9.64. The van der Waals surface area contributed by atoms with E-state index in [4.69, 9.17) is 0 Å². The van der Waals surface area contributed by atoms with Gasteiger partial charge in [-0.05, 0) is 25.0 Å². The Labute approximate surface area is 192 Å². The van der Waals surface area contributed by atoms with Crippen LogP contribution in [0, 0.1) is 0 Å². The summed E-state index contributed by atoms with van der Waals surface area (Å²) in [5, 5.41) is 3.15. The Morgan fingerprint density at radius 2 is 2.07 bits per heavy atom. The van der Waals surface area contributed by atoms with E-state index >= 15 is 0 Å². The van der Waals surface area contributed by atoms with Crippen LogP contribution in [-0.2, 0) is 10.0 Å². The molecule has 0 aromatic carbocycles. The molecule has 29 heavy (non-hydrogen) atoms. The van der Waals surface area contributed by atoms with Crippen LogP contribution in [-0.4, -0.2) is 87.7 Å². The van der Waals surface area contributed by atoms with Gasteiger partial charge in [-0.25, -0.2) is 13.4 Å². The fourth-order valence-corrected chi connectivity index (χ4v) is 4.46.